The minimum absolute atomic E-state index is 0. The van der Waals surface area contributed by atoms with Crippen molar-refractivity contribution >= 4 is 0 Å². The first-order valence-corrected chi connectivity index (χ1v) is 18.9. The molecule has 0 bridgehead atoms. The van der Waals surface area contributed by atoms with Crippen LogP contribution < -0.4 is 12.4 Å². The number of hydrogen-bond donors (Lipinski definition) is 0. The summed E-state index contributed by atoms with van der Waals surface area (Å²) in [6.45, 7) is 7.39. The van der Waals surface area contributed by atoms with E-state index in [9.17, 15) is 0 Å². The van der Waals surface area contributed by atoms with E-state index >= 15 is 0 Å². The highest BCUT2D eigenvalue weighted by Gasteiger charge is 2.13. The van der Waals surface area contributed by atoms with Gasteiger partial charge in [-0.2, -0.15) is 0 Å². The van der Waals surface area contributed by atoms with Crippen molar-refractivity contribution < 1.29 is 16.9 Å². The molecule has 0 saturated heterocycles. The molecule has 0 heterocycles. The Bertz CT molecular complexity index is 397. The van der Waals surface area contributed by atoms with Crippen molar-refractivity contribution in [1.29, 1.82) is 0 Å². The standard InChI is InChI=1S/C38H80N.ClH/c1-5-7-9-11-13-15-17-19-21-23-25-27-29-31-33-35-37-39(3,4)38-36-34-32-30-28-26-24-22-20-18-16-14-12-10-8-6-2;/h5-38H2,1-4H3;1H/q+1;/p-1. The summed E-state index contributed by atoms with van der Waals surface area (Å²) in [7, 11) is 4.94. The molecule has 0 amide bonds. The lowest BCUT2D eigenvalue weighted by Gasteiger charge is -2.30. The van der Waals surface area contributed by atoms with E-state index in [1.807, 2.05) is 0 Å². The Labute approximate surface area is 262 Å². The summed E-state index contributed by atoms with van der Waals surface area (Å²) in [6, 6.07) is 0. The average Bonchev–Trinajstić information content (AvgIpc) is 2.92. The maximum atomic E-state index is 2.47. The lowest BCUT2D eigenvalue weighted by molar-refractivity contribution is -0.890. The van der Waals surface area contributed by atoms with Crippen LogP contribution in [0, 0.1) is 0 Å². The van der Waals surface area contributed by atoms with E-state index < -0.39 is 0 Å². The predicted octanol–water partition coefficient (Wildman–Crippen LogP) is 10.6. The molecule has 0 saturated carbocycles. The molecule has 0 spiro atoms. The summed E-state index contributed by atoms with van der Waals surface area (Å²) in [6.07, 6.45) is 46.9. The van der Waals surface area contributed by atoms with Gasteiger partial charge in [0.25, 0.3) is 0 Å². The normalized spacial score (nSPS) is 11.7. The number of nitrogens with zero attached hydrogens (tertiary/aromatic N) is 1. The van der Waals surface area contributed by atoms with Gasteiger partial charge in [0.1, 0.15) is 0 Å². The maximum absolute atomic E-state index is 2.47. The Morgan fingerprint density at radius 1 is 0.250 bits per heavy atom. The second-order valence-corrected chi connectivity index (χ2v) is 14.0. The minimum Gasteiger partial charge on any atom is -1.00 e. The molecular weight excluding hydrogens is 506 g/mol. The molecule has 0 fully saturated rings. The number of rotatable bonds is 34. The molecular formula is C38H80ClN. The summed E-state index contributed by atoms with van der Waals surface area (Å²) in [5.41, 5.74) is 0. The van der Waals surface area contributed by atoms with E-state index in [4.69, 9.17) is 0 Å². The molecule has 1 nitrogen and oxygen atoms in total. The zero-order valence-electron chi connectivity index (χ0n) is 28.9. The minimum atomic E-state index is 0. The van der Waals surface area contributed by atoms with Crippen molar-refractivity contribution in [3.05, 3.63) is 0 Å². The number of unbranched alkanes of at least 4 members (excludes halogenated alkanes) is 30. The molecule has 0 radical (unpaired) electrons. The molecule has 0 aromatic heterocycles. The number of halogens is 1. The maximum Gasteiger partial charge on any atom is 0.0782 e. The van der Waals surface area contributed by atoms with Crippen molar-refractivity contribution in [2.45, 2.75) is 219 Å². The van der Waals surface area contributed by atoms with Crippen molar-refractivity contribution in [3.63, 3.8) is 0 Å². The molecule has 0 aromatic rings. The van der Waals surface area contributed by atoms with Gasteiger partial charge in [0, 0.05) is 0 Å². The highest BCUT2D eigenvalue weighted by atomic mass is 35.5. The van der Waals surface area contributed by atoms with Gasteiger partial charge in [0.05, 0.1) is 27.2 Å². The van der Waals surface area contributed by atoms with E-state index in [-0.39, 0.29) is 12.4 Å². The van der Waals surface area contributed by atoms with Crippen LogP contribution in [0.3, 0.4) is 0 Å². The van der Waals surface area contributed by atoms with Crippen LogP contribution in [-0.2, 0) is 0 Å². The third-order valence-electron chi connectivity index (χ3n) is 9.23. The van der Waals surface area contributed by atoms with E-state index in [1.54, 1.807) is 0 Å². The van der Waals surface area contributed by atoms with Gasteiger partial charge < -0.3 is 16.9 Å². The Morgan fingerprint density at radius 3 is 0.575 bits per heavy atom. The second kappa shape index (κ2) is 35.4. The van der Waals surface area contributed by atoms with Crippen molar-refractivity contribution in [1.82, 2.24) is 0 Å². The van der Waals surface area contributed by atoms with Gasteiger partial charge in [-0.1, -0.05) is 194 Å². The highest BCUT2D eigenvalue weighted by molar-refractivity contribution is 4.52. The molecule has 0 rings (SSSR count). The van der Waals surface area contributed by atoms with Crippen LogP contribution in [0.4, 0.5) is 0 Å². The second-order valence-electron chi connectivity index (χ2n) is 14.0. The third kappa shape index (κ3) is 36.3. The molecule has 0 aliphatic carbocycles. The van der Waals surface area contributed by atoms with Crippen molar-refractivity contribution in [2.24, 2.45) is 0 Å². The molecule has 0 aromatic carbocycles. The summed E-state index contributed by atoms with van der Waals surface area (Å²) >= 11 is 0. The van der Waals surface area contributed by atoms with Crippen LogP contribution >= 0.6 is 0 Å². The molecule has 0 aliphatic heterocycles. The van der Waals surface area contributed by atoms with Gasteiger partial charge in [-0.25, -0.2) is 0 Å². The molecule has 0 aliphatic rings. The predicted molar refractivity (Wildman–Crippen MR) is 181 cm³/mol. The summed E-state index contributed by atoms with van der Waals surface area (Å²) in [5, 5.41) is 0. The number of quaternary nitrogens is 1. The Hall–Kier alpha value is 0.250. The molecule has 2 heteroatoms. The molecule has 0 atom stereocenters. The topological polar surface area (TPSA) is 0 Å². The van der Waals surface area contributed by atoms with E-state index in [0.29, 0.717) is 0 Å². The third-order valence-corrected chi connectivity index (χ3v) is 9.23. The van der Waals surface area contributed by atoms with E-state index in [2.05, 4.69) is 27.9 Å². The Kier molecular flexibility index (Phi) is 37.6. The van der Waals surface area contributed by atoms with Crippen molar-refractivity contribution in [2.75, 3.05) is 27.2 Å². The van der Waals surface area contributed by atoms with E-state index in [1.165, 1.54) is 223 Å². The first-order valence-electron chi connectivity index (χ1n) is 18.9. The fraction of sp³-hybridized carbons (Fsp3) is 1.00. The fourth-order valence-corrected chi connectivity index (χ4v) is 6.29. The molecule has 40 heavy (non-hydrogen) atoms. The number of hydrogen-bond acceptors (Lipinski definition) is 0. The van der Waals surface area contributed by atoms with Gasteiger partial charge in [-0.05, 0) is 25.7 Å². The van der Waals surface area contributed by atoms with Crippen LogP contribution in [0.15, 0.2) is 0 Å². The monoisotopic (exact) mass is 586 g/mol. The zero-order valence-corrected chi connectivity index (χ0v) is 29.6. The fourth-order valence-electron chi connectivity index (χ4n) is 6.29. The van der Waals surface area contributed by atoms with Gasteiger partial charge in [-0.15, -0.1) is 0 Å². The first-order chi connectivity index (χ1) is 19.1. The van der Waals surface area contributed by atoms with E-state index in [0.717, 1.165) is 0 Å². The van der Waals surface area contributed by atoms with Crippen LogP contribution in [0.5, 0.6) is 0 Å². The quantitative estimate of drug-likeness (QED) is 0.0520. The van der Waals surface area contributed by atoms with Crippen LogP contribution in [0.1, 0.15) is 219 Å². The summed E-state index contributed by atoms with van der Waals surface area (Å²) < 4.78 is 1.25. The Morgan fingerprint density at radius 2 is 0.400 bits per heavy atom. The summed E-state index contributed by atoms with van der Waals surface area (Å²) in [5.74, 6) is 0. The first kappa shape index (κ1) is 42.4. The lowest BCUT2D eigenvalue weighted by Crippen LogP contribution is -3.00. The summed E-state index contributed by atoms with van der Waals surface area (Å²) in [4.78, 5) is 0. The lowest BCUT2D eigenvalue weighted by atomic mass is 10.0. The van der Waals surface area contributed by atoms with Gasteiger partial charge in [0.2, 0.25) is 0 Å². The van der Waals surface area contributed by atoms with Gasteiger partial charge in [0.15, 0.2) is 0 Å². The average molecular weight is 587 g/mol. The van der Waals surface area contributed by atoms with Crippen LogP contribution in [0.25, 0.3) is 0 Å². The molecule has 244 valence electrons. The molecule has 0 unspecified atom stereocenters. The molecule has 0 N–H and O–H groups in total. The smallest absolute Gasteiger partial charge is 0.0782 e. The zero-order chi connectivity index (χ0) is 28.5. The highest BCUT2D eigenvalue weighted by Crippen LogP contribution is 2.16. The van der Waals surface area contributed by atoms with Gasteiger partial charge in [-0.3, -0.25) is 0 Å². The Balaban J connectivity index is 0. The largest absolute Gasteiger partial charge is 1.00 e. The SMILES string of the molecule is CCCCCCCCCCCCCCCCCC[N+](C)(C)CCCCCCCCCCCCCCCCCC.[Cl-]. The van der Waals surface area contributed by atoms with Crippen LogP contribution in [-0.4, -0.2) is 31.7 Å². The van der Waals surface area contributed by atoms with Gasteiger partial charge >= 0.3 is 0 Å². The van der Waals surface area contributed by atoms with Crippen LogP contribution in [0.2, 0.25) is 0 Å². The van der Waals surface area contributed by atoms with Crippen molar-refractivity contribution in [3.8, 4) is 0 Å².